The van der Waals surface area contributed by atoms with E-state index < -0.39 is 0 Å². The topological polar surface area (TPSA) is 92.5 Å². The lowest BCUT2D eigenvalue weighted by atomic mass is 9.85. The van der Waals surface area contributed by atoms with Gasteiger partial charge in [-0.15, -0.1) is 0 Å². The van der Waals surface area contributed by atoms with Crippen LogP contribution < -0.4 is 11.5 Å². The molecular weight excluding hydrogens is 288 g/mol. The van der Waals surface area contributed by atoms with E-state index in [2.05, 4.69) is 0 Å². The van der Waals surface area contributed by atoms with Gasteiger partial charge in [-0.2, -0.15) is 0 Å². The van der Waals surface area contributed by atoms with E-state index in [4.69, 9.17) is 11.5 Å². The molecule has 3 rings (SSSR count). The zero-order valence-electron chi connectivity index (χ0n) is 12.5. The molecule has 3 aromatic carbocycles. The fraction of sp³-hybridized carbons (Fsp3) is 0.0526. The van der Waals surface area contributed by atoms with Crippen LogP contribution in [0.1, 0.15) is 22.6 Å². The monoisotopic (exact) mass is 306 g/mol. The molecule has 0 aliphatic carbocycles. The van der Waals surface area contributed by atoms with Crippen molar-refractivity contribution in [1.82, 2.24) is 0 Å². The molecule has 23 heavy (non-hydrogen) atoms. The first-order valence-corrected chi connectivity index (χ1v) is 7.28. The SMILES string of the molecule is Nc1ccc(C(c2ccccc2)c2ccc(N)c(O)c2)cc1O. The number of phenols is 2. The number of hydrogen-bond acceptors (Lipinski definition) is 4. The smallest absolute Gasteiger partial charge is 0.138 e. The fourth-order valence-corrected chi connectivity index (χ4v) is 2.70. The molecule has 0 aromatic heterocycles. The molecule has 0 bridgehead atoms. The third-order valence-electron chi connectivity index (χ3n) is 3.91. The van der Waals surface area contributed by atoms with Crippen molar-refractivity contribution in [3.05, 3.63) is 83.4 Å². The maximum atomic E-state index is 9.95. The summed E-state index contributed by atoms with van der Waals surface area (Å²) >= 11 is 0. The predicted molar refractivity (Wildman–Crippen MR) is 92.4 cm³/mol. The van der Waals surface area contributed by atoms with Crippen LogP contribution in [0.15, 0.2) is 66.7 Å². The van der Waals surface area contributed by atoms with E-state index in [9.17, 15) is 10.2 Å². The summed E-state index contributed by atoms with van der Waals surface area (Å²) in [5.41, 5.74) is 14.9. The summed E-state index contributed by atoms with van der Waals surface area (Å²) in [7, 11) is 0. The standard InChI is InChI=1S/C19H18N2O2/c20-15-8-6-13(10-17(15)22)19(12-4-2-1-3-5-12)14-7-9-16(21)18(23)11-14/h1-11,19,22-23H,20-21H2. The summed E-state index contributed by atoms with van der Waals surface area (Å²) < 4.78 is 0. The molecule has 4 nitrogen and oxygen atoms in total. The third kappa shape index (κ3) is 2.92. The lowest BCUT2D eigenvalue weighted by Gasteiger charge is -2.20. The van der Waals surface area contributed by atoms with E-state index in [1.165, 1.54) is 0 Å². The van der Waals surface area contributed by atoms with Gasteiger partial charge in [-0.1, -0.05) is 42.5 Å². The van der Waals surface area contributed by atoms with E-state index in [0.29, 0.717) is 11.4 Å². The molecule has 0 radical (unpaired) electrons. The molecule has 3 aromatic rings. The van der Waals surface area contributed by atoms with Gasteiger partial charge in [-0.3, -0.25) is 0 Å². The van der Waals surface area contributed by atoms with Crippen LogP contribution in [0.2, 0.25) is 0 Å². The van der Waals surface area contributed by atoms with Gasteiger partial charge in [0.05, 0.1) is 11.4 Å². The molecule has 0 amide bonds. The van der Waals surface area contributed by atoms with E-state index in [0.717, 1.165) is 16.7 Å². The molecule has 0 aliphatic rings. The number of hydrogen-bond donors (Lipinski definition) is 4. The number of nitrogen functional groups attached to an aromatic ring is 2. The van der Waals surface area contributed by atoms with Crippen molar-refractivity contribution in [1.29, 1.82) is 0 Å². The number of aromatic hydroxyl groups is 2. The first-order valence-electron chi connectivity index (χ1n) is 7.28. The minimum absolute atomic E-state index is 0.0445. The Kier molecular flexibility index (Phi) is 3.81. The summed E-state index contributed by atoms with van der Waals surface area (Å²) in [4.78, 5) is 0. The van der Waals surface area contributed by atoms with Crippen molar-refractivity contribution >= 4 is 11.4 Å². The van der Waals surface area contributed by atoms with E-state index in [-0.39, 0.29) is 17.4 Å². The second-order valence-electron chi connectivity index (χ2n) is 5.48. The third-order valence-corrected chi connectivity index (χ3v) is 3.91. The number of benzene rings is 3. The maximum absolute atomic E-state index is 9.95. The Balaban J connectivity index is 2.17. The van der Waals surface area contributed by atoms with Crippen LogP contribution in [0.5, 0.6) is 11.5 Å². The Labute approximate surface area is 134 Å². The molecule has 0 atom stereocenters. The highest BCUT2D eigenvalue weighted by Crippen LogP contribution is 2.37. The van der Waals surface area contributed by atoms with Crippen molar-refractivity contribution < 1.29 is 10.2 Å². The maximum Gasteiger partial charge on any atom is 0.138 e. The second kappa shape index (κ2) is 5.93. The molecule has 6 N–H and O–H groups in total. The molecule has 0 saturated carbocycles. The zero-order chi connectivity index (χ0) is 16.4. The molecule has 0 heterocycles. The highest BCUT2D eigenvalue weighted by Gasteiger charge is 2.18. The van der Waals surface area contributed by atoms with Crippen LogP contribution in [0.4, 0.5) is 11.4 Å². The Morgan fingerprint density at radius 3 is 1.52 bits per heavy atom. The predicted octanol–water partition coefficient (Wildman–Crippen LogP) is 3.44. The van der Waals surface area contributed by atoms with Gasteiger partial charge in [-0.25, -0.2) is 0 Å². The molecule has 116 valence electrons. The molecule has 0 fully saturated rings. The van der Waals surface area contributed by atoms with Crippen LogP contribution in [-0.4, -0.2) is 10.2 Å². The van der Waals surface area contributed by atoms with Crippen LogP contribution in [0.25, 0.3) is 0 Å². The van der Waals surface area contributed by atoms with Gasteiger partial charge in [-0.05, 0) is 41.0 Å². The summed E-state index contributed by atoms with van der Waals surface area (Å²) in [5, 5.41) is 19.9. The highest BCUT2D eigenvalue weighted by atomic mass is 16.3. The van der Waals surface area contributed by atoms with E-state index >= 15 is 0 Å². The highest BCUT2D eigenvalue weighted by molar-refractivity contribution is 5.59. The molecule has 0 aliphatic heterocycles. The average molecular weight is 306 g/mol. The van der Waals surface area contributed by atoms with Crippen molar-refractivity contribution in [2.24, 2.45) is 0 Å². The minimum atomic E-state index is -0.144. The largest absolute Gasteiger partial charge is 0.506 e. The normalized spacial score (nSPS) is 10.8. The molecule has 0 unspecified atom stereocenters. The Bertz CT molecular complexity index is 781. The molecule has 0 spiro atoms. The lowest BCUT2D eigenvalue weighted by Crippen LogP contribution is -2.04. The summed E-state index contributed by atoms with van der Waals surface area (Å²) in [6.45, 7) is 0. The van der Waals surface area contributed by atoms with Crippen LogP contribution in [-0.2, 0) is 0 Å². The fourth-order valence-electron chi connectivity index (χ4n) is 2.70. The molecular formula is C19H18N2O2. The van der Waals surface area contributed by atoms with Crippen LogP contribution in [0, 0.1) is 0 Å². The average Bonchev–Trinajstić information content (AvgIpc) is 2.55. The minimum Gasteiger partial charge on any atom is -0.506 e. The number of phenolic OH excluding ortho intramolecular Hbond substituents is 2. The van der Waals surface area contributed by atoms with Gasteiger partial charge in [0.25, 0.3) is 0 Å². The summed E-state index contributed by atoms with van der Waals surface area (Å²) in [5.74, 6) is -0.0552. The zero-order valence-corrected chi connectivity index (χ0v) is 12.5. The van der Waals surface area contributed by atoms with E-state index in [1.54, 1.807) is 24.3 Å². The van der Waals surface area contributed by atoms with Crippen molar-refractivity contribution in [3.63, 3.8) is 0 Å². The Hall–Kier alpha value is -3.14. The molecule has 4 heteroatoms. The summed E-state index contributed by atoms with van der Waals surface area (Å²) in [6.07, 6.45) is 0. The van der Waals surface area contributed by atoms with Crippen molar-refractivity contribution in [2.45, 2.75) is 5.92 Å². The van der Waals surface area contributed by atoms with Gasteiger partial charge < -0.3 is 21.7 Å². The Morgan fingerprint density at radius 1 is 0.609 bits per heavy atom. The first kappa shape index (κ1) is 14.8. The van der Waals surface area contributed by atoms with Crippen LogP contribution in [0.3, 0.4) is 0 Å². The number of rotatable bonds is 3. The quantitative estimate of drug-likeness (QED) is 0.339. The van der Waals surface area contributed by atoms with Crippen LogP contribution >= 0.6 is 0 Å². The van der Waals surface area contributed by atoms with Gasteiger partial charge >= 0.3 is 0 Å². The Morgan fingerprint density at radius 2 is 1.09 bits per heavy atom. The van der Waals surface area contributed by atoms with E-state index in [1.807, 2.05) is 42.5 Å². The van der Waals surface area contributed by atoms with Gasteiger partial charge in [0.15, 0.2) is 0 Å². The van der Waals surface area contributed by atoms with Crippen molar-refractivity contribution in [3.8, 4) is 11.5 Å². The first-order chi connectivity index (χ1) is 11.1. The van der Waals surface area contributed by atoms with Crippen molar-refractivity contribution in [2.75, 3.05) is 11.5 Å². The number of nitrogens with two attached hydrogens (primary N) is 2. The van der Waals surface area contributed by atoms with Gasteiger partial charge in [0.2, 0.25) is 0 Å². The second-order valence-corrected chi connectivity index (χ2v) is 5.48. The van der Waals surface area contributed by atoms with Gasteiger partial charge in [0.1, 0.15) is 11.5 Å². The lowest BCUT2D eigenvalue weighted by molar-refractivity contribution is 0.476. The molecule has 0 saturated heterocycles. The number of anilines is 2. The summed E-state index contributed by atoms with van der Waals surface area (Å²) in [6, 6.07) is 20.3. The van der Waals surface area contributed by atoms with Gasteiger partial charge in [0, 0.05) is 5.92 Å².